The van der Waals surface area contributed by atoms with E-state index >= 15 is 0 Å². The molecule has 0 fully saturated rings. The van der Waals surface area contributed by atoms with E-state index in [1.165, 1.54) is 18.8 Å². The fraction of sp³-hybridized carbons (Fsp3) is 0.583. The summed E-state index contributed by atoms with van der Waals surface area (Å²) in [7, 11) is 0. The number of unbranched alkanes of at least 4 members (excludes halogenated alkanes) is 1. The Bertz CT molecular complexity index is 275. The van der Waals surface area contributed by atoms with Crippen LogP contribution in [0.3, 0.4) is 0 Å². The second-order valence-electron chi connectivity index (χ2n) is 3.41. The van der Waals surface area contributed by atoms with Crippen LogP contribution in [-0.4, -0.2) is 22.4 Å². The van der Waals surface area contributed by atoms with Gasteiger partial charge in [0, 0.05) is 18.9 Å². The Balaban J connectivity index is 0.000000673. The predicted octanol–water partition coefficient (Wildman–Crippen LogP) is 2.42. The first kappa shape index (κ1) is 14.6. The number of amides is 1. The first-order valence-corrected chi connectivity index (χ1v) is 5.80. The first-order valence-electron chi connectivity index (χ1n) is 5.80. The van der Waals surface area contributed by atoms with Gasteiger partial charge >= 0.3 is 0 Å². The third kappa shape index (κ3) is 6.92. The Kier molecular flexibility index (Phi) is 9.17. The molecule has 0 spiro atoms. The van der Waals surface area contributed by atoms with E-state index in [4.69, 9.17) is 0 Å². The molecule has 0 unspecified atom stereocenters. The van der Waals surface area contributed by atoms with Gasteiger partial charge in [0.05, 0.1) is 6.20 Å². The van der Waals surface area contributed by atoms with Gasteiger partial charge < -0.3 is 5.32 Å². The van der Waals surface area contributed by atoms with Crippen LogP contribution in [0.4, 0.5) is 0 Å². The van der Waals surface area contributed by atoms with Gasteiger partial charge in [0.2, 0.25) is 0 Å². The molecular formula is C12H21N3O. The molecule has 0 saturated carbocycles. The highest BCUT2D eigenvalue weighted by Gasteiger charge is 2.04. The van der Waals surface area contributed by atoms with Crippen LogP contribution in [0.5, 0.6) is 0 Å². The lowest BCUT2D eigenvalue weighted by Crippen LogP contribution is -2.25. The van der Waals surface area contributed by atoms with E-state index in [1.807, 2.05) is 0 Å². The summed E-state index contributed by atoms with van der Waals surface area (Å²) >= 11 is 0. The molecule has 0 aliphatic heterocycles. The molecule has 1 rings (SSSR count). The normalized spacial score (nSPS) is 8.94. The van der Waals surface area contributed by atoms with Crippen molar-refractivity contribution in [2.75, 3.05) is 6.54 Å². The third-order valence-electron chi connectivity index (χ3n) is 1.61. The SMILES string of the molecule is CCC.CCCCNC(=O)c1cnccn1. The molecule has 0 aliphatic carbocycles. The predicted molar refractivity (Wildman–Crippen MR) is 65.2 cm³/mol. The lowest BCUT2D eigenvalue weighted by Gasteiger charge is -2.01. The molecule has 0 aromatic carbocycles. The lowest BCUT2D eigenvalue weighted by molar-refractivity contribution is 0.0948. The van der Waals surface area contributed by atoms with Gasteiger partial charge in [-0.15, -0.1) is 0 Å². The number of carbonyl (C=O) groups is 1. The van der Waals surface area contributed by atoms with E-state index in [1.54, 1.807) is 6.20 Å². The molecule has 1 heterocycles. The van der Waals surface area contributed by atoms with Crippen LogP contribution < -0.4 is 5.32 Å². The summed E-state index contributed by atoms with van der Waals surface area (Å²) < 4.78 is 0. The van der Waals surface area contributed by atoms with Gasteiger partial charge in [-0.1, -0.05) is 33.6 Å². The monoisotopic (exact) mass is 223 g/mol. The standard InChI is InChI=1S/C9H13N3O.C3H8/c1-2-3-4-12-9(13)8-7-10-5-6-11-8;1-3-2/h5-7H,2-4H2,1H3,(H,12,13);3H2,1-2H3. The molecule has 1 N–H and O–H groups in total. The molecule has 0 radical (unpaired) electrons. The Labute approximate surface area is 97.5 Å². The highest BCUT2D eigenvalue weighted by Crippen LogP contribution is 1.90. The molecule has 0 atom stereocenters. The van der Waals surface area contributed by atoms with Crippen molar-refractivity contribution in [3.8, 4) is 0 Å². The fourth-order valence-corrected chi connectivity index (χ4v) is 0.886. The number of hydrogen-bond acceptors (Lipinski definition) is 3. The minimum Gasteiger partial charge on any atom is -0.351 e. The van der Waals surface area contributed by atoms with Crippen molar-refractivity contribution >= 4 is 5.91 Å². The van der Waals surface area contributed by atoms with Crippen molar-refractivity contribution in [3.05, 3.63) is 24.3 Å². The Hall–Kier alpha value is -1.45. The van der Waals surface area contributed by atoms with Gasteiger partial charge in [-0.3, -0.25) is 9.78 Å². The van der Waals surface area contributed by atoms with E-state index in [0.29, 0.717) is 12.2 Å². The minimum absolute atomic E-state index is 0.151. The number of aromatic nitrogens is 2. The maximum Gasteiger partial charge on any atom is 0.271 e. The minimum atomic E-state index is -0.151. The number of hydrogen-bond donors (Lipinski definition) is 1. The number of carbonyl (C=O) groups excluding carboxylic acids is 1. The smallest absolute Gasteiger partial charge is 0.271 e. The molecule has 16 heavy (non-hydrogen) atoms. The second kappa shape index (κ2) is 10.1. The zero-order chi connectivity index (χ0) is 12.2. The summed E-state index contributed by atoms with van der Waals surface area (Å²) in [6, 6.07) is 0. The largest absolute Gasteiger partial charge is 0.351 e. The quantitative estimate of drug-likeness (QED) is 0.797. The van der Waals surface area contributed by atoms with Crippen molar-refractivity contribution in [1.29, 1.82) is 0 Å². The van der Waals surface area contributed by atoms with Crippen LogP contribution in [0.1, 0.15) is 50.5 Å². The summed E-state index contributed by atoms with van der Waals surface area (Å²) in [5.74, 6) is -0.151. The van der Waals surface area contributed by atoms with Crippen molar-refractivity contribution in [2.45, 2.75) is 40.0 Å². The molecule has 4 nitrogen and oxygen atoms in total. The van der Waals surface area contributed by atoms with Gasteiger partial charge in [0.1, 0.15) is 5.69 Å². The van der Waals surface area contributed by atoms with Crippen LogP contribution >= 0.6 is 0 Å². The average molecular weight is 223 g/mol. The maximum atomic E-state index is 11.3. The summed E-state index contributed by atoms with van der Waals surface area (Å²) in [5.41, 5.74) is 0.374. The Morgan fingerprint density at radius 3 is 2.50 bits per heavy atom. The third-order valence-corrected chi connectivity index (χ3v) is 1.61. The number of nitrogens with one attached hydrogen (secondary N) is 1. The van der Waals surface area contributed by atoms with Gasteiger partial charge in [0.15, 0.2) is 0 Å². The van der Waals surface area contributed by atoms with Crippen LogP contribution in [0.25, 0.3) is 0 Å². The van der Waals surface area contributed by atoms with Gasteiger partial charge in [-0.2, -0.15) is 0 Å². The molecule has 4 heteroatoms. The molecule has 0 saturated heterocycles. The van der Waals surface area contributed by atoms with Crippen LogP contribution in [0, 0.1) is 0 Å². The highest BCUT2D eigenvalue weighted by atomic mass is 16.1. The summed E-state index contributed by atoms with van der Waals surface area (Å²) in [4.78, 5) is 19.0. The first-order chi connectivity index (χ1) is 7.76. The zero-order valence-corrected chi connectivity index (χ0v) is 10.4. The van der Waals surface area contributed by atoms with E-state index in [2.05, 4.69) is 36.1 Å². The summed E-state index contributed by atoms with van der Waals surface area (Å²) in [6.45, 7) is 7.03. The van der Waals surface area contributed by atoms with Crippen LogP contribution in [0.15, 0.2) is 18.6 Å². The molecular weight excluding hydrogens is 202 g/mol. The summed E-state index contributed by atoms with van der Waals surface area (Å²) in [5, 5.41) is 2.76. The Morgan fingerprint density at radius 2 is 2.00 bits per heavy atom. The molecule has 1 amide bonds. The van der Waals surface area contributed by atoms with Gasteiger partial charge in [0.25, 0.3) is 5.91 Å². The fourth-order valence-electron chi connectivity index (χ4n) is 0.886. The Morgan fingerprint density at radius 1 is 1.31 bits per heavy atom. The van der Waals surface area contributed by atoms with Crippen LogP contribution in [-0.2, 0) is 0 Å². The molecule has 0 aliphatic rings. The zero-order valence-electron chi connectivity index (χ0n) is 10.4. The topological polar surface area (TPSA) is 54.9 Å². The summed E-state index contributed by atoms with van der Waals surface area (Å²) in [6.07, 6.45) is 7.82. The molecule has 1 aromatic rings. The van der Waals surface area contributed by atoms with Crippen molar-refractivity contribution in [1.82, 2.24) is 15.3 Å². The molecule has 90 valence electrons. The van der Waals surface area contributed by atoms with Crippen molar-refractivity contribution < 1.29 is 4.79 Å². The van der Waals surface area contributed by atoms with Gasteiger partial charge in [-0.25, -0.2) is 4.98 Å². The average Bonchev–Trinajstić information content (AvgIpc) is 2.31. The highest BCUT2D eigenvalue weighted by molar-refractivity contribution is 5.91. The van der Waals surface area contributed by atoms with Crippen LogP contribution in [0.2, 0.25) is 0 Å². The van der Waals surface area contributed by atoms with Gasteiger partial charge in [-0.05, 0) is 6.42 Å². The number of rotatable bonds is 4. The lowest BCUT2D eigenvalue weighted by atomic mass is 10.3. The van der Waals surface area contributed by atoms with Crippen molar-refractivity contribution in [2.24, 2.45) is 0 Å². The second-order valence-corrected chi connectivity index (χ2v) is 3.41. The van der Waals surface area contributed by atoms with E-state index < -0.39 is 0 Å². The molecule has 1 aromatic heterocycles. The van der Waals surface area contributed by atoms with E-state index in [9.17, 15) is 4.79 Å². The number of nitrogens with zero attached hydrogens (tertiary/aromatic N) is 2. The van der Waals surface area contributed by atoms with E-state index in [-0.39, 0.29) is 5.91 Å². The van der Waals surface area contributed by atoms with E-state index in [0.717, 1.165) is 12.8 Å². The molecule has 0 bridgehead atoms. The van der Waals surface area contributed by atoms with Crippen molar-refractivity contribution in [3.63, 3.8) is 0 Å². The maximum absolute atomic E-state index is 11.3.